The largest absolute Gasteiger partial charge is 0.351 e. The molecular weight excluding hydrogens is 304 g/mol. The second-order valence-corrected chi connectivity index (χ2v) is 4.91. The molecule has 1 unspecified atom stereocenters. The quantitative estimate of drug-likeness (QED) is 0.897. The van der Waals surface area contributed by atoms with Gasteiger partial charge in [-0.15, -0.1) is 12.4 Å². The van der Waals surface area contributed by atoms with Crippen LogP contribution in [0.1, 0.15) is 18.4 Å². The number of hydrogen-bond donors (Lipinski definition) is 2. The molecule has 0 bridgehead atoms. The van der Waals surface area contributed by atoms with E-state index in [4.69, 9.17) is 0 Å². The molecule has 0 aliphatic carbocycles. The lowest BCUT2D eigenvalue weighted by molar-refractivity contribution is -0.122. The van der Waals surface area contributed by atoms with Gasteiger partial charge in [-0.2, -0.15) is 0 Å². The Kier molecular flexibility index (Phi) is 5.95. The molecule has 3 nitrogen and oxygen atoms in total. The molecule has 0 saturated carbocycles. The van der Waals surface area contributed by atoms with E-state index < -0.39 is 0 Å². The lowest BCUT2D eigenvalue weighted by Crippen LogP contribution is -2.39. The van der Waals surface area contributed by atoms with Crippen molar-refractivity contribution in [2.24, 2.45) is 0 Å². The van der Waals surface area contributed by atoms with E-state index in [-0.39, 0.29) is 24.4 Å². The van der Waals surface area contributed by atoms with Gasteiger partial charge in [0.05, 0.1) is 6.04 Å². The number of benzene rings is 1. The van der Waals surface area contributed by atoms with Gasteiger partial charge in [-0.25, -0.2) is 0 Å². The first-order valence-electron chi connectivity index (χ1n) is 5.51. The molecule has 0 aromatic heterocycles. The molecule has 1 aliphatic heterocycles. The van der Waals surface area contributed by atoms with Gasteiger partial charge in [0.15, 0.2) is 0 Å². The van der Waals surface area contributed by atoms with Crippen molar-refractivity contribution in [3.8, 4) is 0 Å². The minimum Gasteiger partial charge on any atom is -0.351 e. The third-order valence-corrected chi connectivity index (χ3v) is 3.29. The molecule has 1 aromatic carbocycles. The molecule has 1 fully saturated rings. The highest BCUT2D eigenvalue weighted by molar-refractivity contribution is 9.10. The minimum atomic E-state index is 0. The van der Waals surface area contributed by atoms with Crippen LogP contribution in [0.2, 0.25) is 0 Å². The topological polar surface area (TPSA) is 41.1 Å². The summed E-state index contributed by atoms with van der Waals surface area (Å²) >= 11 is 3.38. The van der Waals surface area contributed by atoms with Crippen LogP contribution in [-0.2, 0) is 11.3 Å². The summed E-state index contributed by atoms with van der Waals surface area (Å²) in [7, 11) is 0. The zero-order valence-corrected chi connectivity index (χ0v) is 11.8. The molecule has 1 saturated heterocycles. The number of halogens is 2. The summed E-state index contributed by atoms with van der Waals surface area (Å²) in [5.74, 6) is 0.111. The Morgan fingerprint density at radius 3 is 2.71 bits per heavy atom. The molecule has 1 aromatic rings. The van der Waals surface area contributed by atoms with Crippen molar-refractivity contribution in [2.45, 2.75) is 25.4 Å². The van der Waals surface area contributed by atoms with Gasteiger partial charge in [0.25, 0.3) is 0 Å². The zero-order valence-electron chi connectivity index (χ0n) is 9.41. The van der Waals surface area contributed by atoms with Crippen LogP contribution in [-0.4, -0.2) is 18.5 Å². The summed E-state index contributed by atoms with van der Waals surface area (Å²) in [6, 6.07) is 7.99. The van der Waals surface area contributed by atoms with Crippen molar-refractivity contribution in [3.63, 3.8) is 0 Å². The Hall–Kier alpha value is -0.580. The fraction of sp³-hybridized carbons (Fsp3) is 0.417. The normalized spacial score (nSPS) is 18.5. The molecule has 5 heteroatoms. The van der Waals surface area contributed by atoms with Gasteiger partial charge in [-0.3, -0.25) is 4.79 Å². The van der Waals surface area contributed by atoms with E-state index in [0.717, 1.165) is 29.4 Å². The van der Waals surface area contributed by atoms with Crippen molar-refractivity contribution in [2.75, 3.05) is 6.54 Å². The number of rotatable bonds is 3. The van der Waals surface area contributed by atoms with Gasteiger partial charge in [0.2, 0.25) is 5.91 Å². The Bertz CT molecular complexity index is 363. The first-order valence-corrected chi connectivity index (χ1v) is 6.30. The lowest BCUT2D eigenvalue weighted by atomic mass is 10.2. The number of carbonyl (C=O) groups is 1. The van der Waals surface area contributed by atoms with E-state index in [0.29, 0.717) is 6.54 Å². The molecule has 17 heavy (non-hydrogen) atoms. The lowest BCUT2D eigenvalue weighted by Gasteiger charge is -2.10. The second kappa shape index (κ2) is 6.99. The summed E-state index contributed by atoms with van der Waals surface area (Å²) in [5, 5.41) is 6.13. The predicted octanol–water partition coefficient (Wildman–Crippen LogP) is 2.24. The van der Waals surface area contributed by atoms with E-state index in [2.05, 4.69) is 26.6 Å². The van der Waals surface area contributed by atoms with Crippen LogP contribution in [0.25, 0.3) is 0 Å². The molecular formula is C12H16BrClN2O. The van der Waals surface area contributed by atoms with Gasteiger partial charge in [0.1, 0.15) is 0 Å². The highest BCUT2D eigenvalue weighted by Gasteiger charge is 2.21. The first-order chi connectivity index (χ1) is 7.75. The third-order valence-electron chi connectivity index (χ3n) is 2.76. The average Bonchev–Trinajstić information content (AvgIpc) is 2.81. The predicted molar refractivity (Wildman–Crippen MR) is 74.3 cm³/mol. The van der Waals surface area contributed by atoms with E-state index in [9.17, 15) is 4.79 Å². The van der Waals surface area contributed by atoms with Crippen molar-refractivity contribution in [1.29, 1.82) is 0 Å². The highest BCUT2D eigenvalue weighted by Crippen LogP contribution is 2.10. The summed E-state index contributed by atoms with van der Waals surface area (Å²) in [4.78, 5) is 11.7. The zero-order chi connectivity index (χ0) is 11.4. The van der Waals surface area contributed by atoms with Crippen molar-refractivity contribution in [1.82, 2.24) is 10.6 Å². The molecule has 94 valence electrons. The number of amides is 1. The molecule has 2 rings (SSSR count). The van der Waals surface area contributed by atoms with Crippen LogP contribution < -0.4 is 10.6 Å². The molecule has 1 atom stereocenters. The fourth-order valence-corrected chi connectivity index (χ4v) is 2.09. The van der Waals surface area contributed by atoms with E-state index in [1.807, 2.05) is 24.3 Å². The molecule has 1 aliphatic rings. The van der Waals surface area contributed by atoms with Crippen LogP contribution in [0.4, 0.5) is 0 Å². The summed E-state index contributed by atoms with van der Waals surface area (Å²) in [5.41, 5.74) is 1.12. The van der Waals surface area contributed by atoms with E-state index >= 15 is 0 Å². The van der Waals surface area contributed by atoms with Crippen molar-refractivity contribution >= 4 is 34.2 Å². The van der Waals surface area contributed by atoms with Gasteiger partial charge in [-0.1, -0.05) is 28.1 Å². The maximum atomic E-state index is 11.7. The monoisotopic (exact) mass is 318 g/mol. The minimum absolute atomic E-state index is 0. The Morgan fingerprint density at radius 2 is 2.12 bits per heavy atom. The number of carbonyl (C=O) groups excluding carboxylic acids is 1. The SMILES string of the molecule is Cl.O=C(NCc1ccc(Br)cc1)C1CCCN1. The Labute approximate surface area is 116 Å². The van der Waals surface area contributed by atoms with E-state index in [1.165, 1.54) is 0 Å². The van der Waals surface area contributed by atoms with Crippen molar-refractivity contribution in [3.05, 3.63) is 34.3 Å². The molecule has 1 heterocycles. The first kappa shape index (κ1) is 14.5. The Balaban J connectivity index is 0.00000144. The molecule has 0 spiro atoms. The number of nitrogens with one attached hydrogen (secondary N) is 2. The van der Waals surface area contributed by atoms with E-state index in [1.54, 1.807) is 0 Å². The standard InChI is InChI=1S/C12H15BrN2O.ClH/c13-10-5-3-9(4-6-10)8-15-12(16)11-2-1-7-14-11;/h3-6,11,14H,1-2,7-8H2,(H,15,16);1H. The average molecular weight is 320 g/mol. The van der Waals surface area contributed by atoms with Crippen LogP contribution in [0.15, 0.2) is 28.7 Å². The van der Waals surface area contributed by atoms with Crippen LogP contribution in [0.3, 0.4) is 0 Å². The summed E-state index contributed by atoms with van der Waals surface area (Å²) < 4.78 is 1.06. The van der Waals surface area contributed by atoms with Crippen LogP contribution in [0.5, 0.6) is 0 Å². The fourth-order valence-electron chi connectivity index (χ4n) is 1.82. The van der Waals surface area contributed by atoms with Crippen LogP contribution in [0, 0.1) is 0 Å². The van der Waals surface area contributed by atoms with Gasteiger partial charge in [-0.05, 0) is 37.1 Å². The van der Waals surface area contributed by atoms with Gasteiger partial charge >= 0.3 is 0 Å². The summed E-state index contributed by atoms with van der Waals surface area (Å²) in [6.45, 7) is 1.56. The maximum absolute atomic E-state index is 11.7. The van der Waals surface area contributed by atoms with Gasteiger partial charge in [0, 0.05) is 11.0 Å². The van der Waals surface area contributed by atoms with Crippen LogP contribution >= 0.6 is 28.3 Å². The number of hydrogen-bond acceptors (Lipinski definition) is 2. The second-order valence-electron chi connectivity index (χ2n) is 3.99. The summed E-state index contributed by atoms with van der Waals surface area (Å²) in [6.07, 6.45) is 2.04. The van der Waals surface area contributed by atoms with Gasteiger partial charge < -0.3 is 10.6 Å². The Morgan fingerprint density at radius 1 is 1.41 bits per heavy atom. The molecule has 2 N–H and O–H groups in total. The molecule has 0 radical (unpaired) electrons. The third kappa shape index (κ3) is 4.30. The smallest absolute Gasteiger partial charge is 0.237 e. The highest BCUT2D eigenvalue weighted by atomic mass is 79.9. The van der Waals surface area contributed by atoms with Crippen molar-refractivity contribution < 1.29 is 4.79 Å². The molecule has 1 amide bonds. The maximum Gasteiger partial charge on any atom is 0.237 e.